The number of aliphatic hydroxyl groups excluding tert-OH is 2. The number of carbonyl (C=O) groups excluding carboxylic acids is 2. The molecule has 0 rings (SSSR count). The van der Waals surface area contributed by atoms with Crippen molar-refractivity contribution in [3.63, 3.8) is 0 Å². The summed E-state index contributed by atoms with van der Waals surface area (Å²) >= 11 is 0. The van der Waals surface area contributed by atoms with Crippen LogP contribution in [0.25, 0.3) is 0 Å². The molecule has 0 saturated heterocycles. The monoisotopic (exact) mass is 942 g/mol. The Morgan fingerprint density at radius 3 is 1.06 bits per heavy atom. The number of carbonyl (C=O) groups is 2. The SMILES string of the molecule is CCCCCCCC/C=C\CCCCCCCC(=O)OCCCC/C=C\CCCCCCCC(=O)NC(CO)C(O)/C=C/CCCCCCCCCCCCCCCCCCCCCCCC. The number of aliphatic hydroxyl groups is 2. The minimum absolute atomic E-state index is 0.0405. The molecule has 0 aromatic carbocycles. The maximum absolute atomic E-state index is 12.5. The van der Waals surface area contributed by atoms with Crippen LogP contribution < -0.4 is 5.32 Å². The number of allylic oxidation sites excluding steroid dienone is 5. The highest BCUT2D eigenvalue weighted by molar-refractivity contribution is 5.76. The lowest BCUT2D eigenvalue weighted by atomic mass is 10.0. The average Bonchev–Trinajstić information content (AvgIpc) is 3.33. The molecule has 0 aromatic heterocycles. The highest BCUT2D eigenvalue weighted by atomic mass is 16.5. The topological polar surface area (TPSA) is 95.9 Å². The van der Waals surface area contributed by atoms with E-state index in [9.17, 15) is 19.8 Å². The fraction of sp³-hybridized carbons (Fsp3) is 0.869. The van der Waals surface area contributed by atoms with Gasteiger partial charge in [0.25, 0.3) is 0 Å². The average molecular weight is 943 g/mol. The van der Waals surface area contributed by atoms with E-state index in [0.717, 1.165) is 83.5 Å². The second-order valence-electron chi connectivity index (χ2n) is 20.3. The highest BCUT2D eigenvalue weighted by Crippen LogP contribution is 2.17. The molecule has 0 fully saturated rings. The van der Waals surface area contributed by atoms with Gasteiger partial charge in [-0.1, -0.05) is 256 Å². The van der Waals surface area contributed by atoms with E-state index in [2.05, 4.69) is 43.5 Å². The van der Waals surface area contributed by atoms with Crippen molar-refractivity contribution in [1.29, 1.82) is 0 Å². The van der Waals surface area contributed by atoms with Crippen LogP contribution in [-0.4, -0.2) is 47.4 Å². The molecule has 0 heterocycles. The zero-order chi connectivity index (χ0) is 48.6. The number of hydrogen-bond acceptors (Lipinski definition) is 5. The van der Waals surface area contributed by atoms with Gasteiger partial charge in [-0.05, 0) is 83.5 Å². The molecule has 0 saturated carbocycles. The summed E-state index contributed by atoms with van der Waals surface area (Å²) in [7, 11) is 0. The van der Waals surface area contributed by atoms with Gasteiger partial charge in [-0.3, -0.25) is 9.59 Å². The Hall–Kier alpha value is -1.92. The summed E-state index contributed by atoms with van der Waals surface area (Å²) in [5.41, 5.74) is 0. The summed E-state index contributed by atoms with van der Waals surface area (Å²) in [4.78, 5) is 24.5. The van der Waals surface area contributed by atoms with Crippen LogP contribution in [0.1, 0.15) is 316 Å². The van der Waals surface area contributed by atoms with Crippen molar-refractivity contribution in [1.82, 2.24) is 5.32 Å². The fourth-order valence-corrected chi connectivity index (χ4v) is 9.03. The quantitative estimate of drug-likeness (QED) is 0.0321. The van der Waals surface area contributed by atoms with Crippen molar-refractivity contribution >= 4 is 11.9 Å². The Morgan fingerprint density at radius 2 is 0.701 bits per heavy atom. The molecular formula is C61H115NO5. The lowest BCUT2D eigenvalue weighted by molar-refractivity contribution is -0.143. The summed E-state index contributed by atoms with van der Waals surface area (Å²) in [6, 6.07) is -0.651. The number of amides is 1. The minimum atomic E-state index is -0.865. The molecule has 2 unspecified atom stereocenters. The summed E-state index contributed by atoms with van der Waals surface area (Å²) in [6.07, 6.45) is 70.3. The molecule has 0 aliphatic heterocycles. The van der Waals surface area contributed by atoms with Crippen molar-refractivity contribution in [2.24, 2.45) is 0 Å². The Labute approximate surface area is 417 Å². The van der Waals surface area contributed by atoms with E-state index in [4.69, 9.17) is 4.74 Å². The Bertz CT molecular complexity index is 1090. The van der Waals surface area contributed by atoms with Crippen molar-refractivity contribution < 1.29 is 24.5 Å². The van der Waals surface area contributed by atoms with E-state index in [1.54, 1.807) is 6.08 Å². The molecule has 3 N–H and O–H groups in total. The van der Waals surface area contributed by atoms with Crippen LogP contribution in [0.2, 0.25) is 0 Å². The van der Waals surface area contributed by atoms with Gasteiger partial charge in [-0.25, -0.2) is 0 Å². The molecule has 6 nitrogen and oxygen atoms in total. The largest absolute Gasteiger partial charge is 0.466 e. The van der Waals surface area contributed by atoms with Gasteiger partial charge < -0.3 is 20.3 Å². The van der Waals surface area contributed by atoms with E-state index >= 15 is 0 Å². The van der Waals surface area contributed by atoms with Crippen molar-refractivity contribution in [3.8, 4) is 0 Å². The van der Waals surface area contributed by atoms with Crippen LogP contribution in [-0.2, 0) is 14.3 Å². The second kappa shape index (κ2) is 56.7. The number of ether oxygens (including phenoxy) is 1. The number of hydrogen-bond donors (Lipinski definition) is 3. The molecule has 0 spiro atoms. The van der Waals surface area contributed by atoms with Crippen molar-refractivity contribution in [3.05, 3.63) is 36.5 Å². The van der Waals surface area contributed by atoms with Gasteiger partial charge in [-0.15, -0.1) is 0 Å². The van der Waals surface area contributed by atoms with E-state index in [1.807, 2.05) is 6.08 Å². The van der Waals surface area contributed by atoms with Gasteiger partial charge in [0.1, 0.15) is 0 Å². The van der Waals surface area contributed by atoms with Crippen LogP contribution in [0.15, 0.2) is 36.5 Å². The normalized spacial score (nSPS) is 12.8. The molecule has 1 amide bonds. The molecule has 0 bridgehead atoms. The number of esters is 1. The number of rotatable bonds is 55. The summed E-state index contributed by atoms with van der Waals surface area (Å²) in [6.45, 7) is 4.83. The predicted octanol–water partition coefficient (Wildman–Crippen LogP) is 18.4. The van der Waals surface area contributed by atoms with Crippen LogP contribution >= 0.6 is 0 Å². The van der Waals surface area contributed by atoms with E-state index in [0.29, 0.717) is 19.4 Å². The third kappa shape index (κ3) is 53.3. The molecule has 0 aliphatic rings. The smallest absolute Gasteiger partial charge is 0.305 e. The number of unbranched alkanes of at least 4 members (excludes halogenated alkanes) is 40. The lowest BCUT2D eigenvalue weighted by Gasteiger charge is -2.20. The zero-order valence-corrected chi connectivity index (χ0v) is 44.9. The lowest BCUT2D eigenvalue weighted by Crippen LogP contribution is -2.45. The van der Waals surface area contributed by atoms with Gasteiger partial charge in [0, 0.05) is 12.8 Å². The standard InChI is InChI=1S/C61H115NO5/c1-3-5-7-9-11-13-15-17-19-20-21-22-23-24-25-26-27-29-30-33-37-41-45-49-53-59(64)58(57-63)62-60(65)54-50-46-42-38-34-32-36-40-44-48-52-56-67-61(66)55-51-47-43-39-35-31-28-18-16-14-12-10-8-6-4-2/h18,28,36,40,49,53,58-59,63-64H,3-17,19-27,29-35,37-39,41-48,50-52,54-57H2,1-2H3,(H,62,65)/b28-18-,40-36-,53-49+. The van der Waals surface area contributed by atoms with Crippen LogP contribution in [0.5, 0.6) is 0 Å². The molecule has 6 heteroatoms. The zero-order valence-electron chi connectivity index (χ0n) is 44.9. The molecule has 0 aliphatic carbocycles. The molecule has 0 radical (unpaired) electrons. The first-order valence-corrected chi connectivity index (χ1v) is 29.8. The molecule has 67 heavy (non-hydrogen) atoms. The summed E-state index contributed by atoms with van der Waals surface area (Å²) in [5, 5.41) is 23.2. The predicted molar refractivity (Wildman–Crippen MR) is 292 cm³/mol. The van der Waals surface area contributed by atoms with Crippen LogP contribution in [0.3, 0.4) is 0 Å². The molecule has 394 valence electrons. The molecule has 2 atom stereocenters. The second-order valence-corrected chi connectivity index (χ2v) is 20.3. The van der Waals surface area contributed by atoms with Gasteiger partial charge >= 0.3 is 5.97 Å². The van der Waals surface area contributed by atoms with Crippen LogP contribution in [0, 0.1) is 0 Å². The Kier molecular flexibility index (Phi) is 55.0. The maximum atomic E-state index is 12.5. The first-order valence-electron chi connectivity index (χ1n) is 29.8. The highest BCUT2D eigenvalue weighted by Gasteiger charge is 2.18. The van der Waals surface area contributed by atoms with Gasteiger partial charge in [0.2, 0.25) is 5.91 Å². The molecular weight excluding hydrogens is 827 g/mol. The van der Waals surface area contributed by atoms with Gasteiger partial charge in [-0.2, -0.15) is 0 Å². The number of nitrogens with one attached hydrogen (secondary N) is 1. The van der Waals surface area contributed by atoms with Gasteiger partial charge in [0.05, 0.1) is 25.4 Å². The van der Waals surface area contributed by atoms with E-state index in [-0.39, 0.29) is 18.5 Å². The Balaban J connectivity index is 3.54. The maximum Gasteiger partial charge on any atom is 0.305 e. The minimum Gasteiger partial charge on any atom is -0.466 e. The van der Waals surface area contributed by atoms with Crippen molar-refractivity contribution in [2.45, 2.75) is 328 Å². The summed E-state index contributed by atoms with van der Waals surface area (Å²) in [5.74, 6) is -0.136. The van der Waals surface area contributed by atoms with E-state index in [1.165, 1.54) is 205 Å². The van der Waals surface area contributed by atoms with Crippen molar-refractivity contribution in [2.75, 3.05) is 13.2 Å². The summed E-state index contributed by atoms with van der Waals surface area (Å²) < 4.78 is 5.44. The van der Waals surface area contributed by atoms with E-state index < -0.39 is 12.1 Å². The molecule has 0 aromatic rings. The Morgan fingerprint density at radius 1 is 0.403 bits per heavy atom. The first-order chi connectivity index (χ1) is 33.0. The third-order valence-corrected chi connectivity index (χ3v) is 13.6. The first kappa shape index (κ1) is 65.1. The third-order valence-electron chi connectivity index (χ3n) is 13.6. The van der Waals surface area contributed by atoms with Crippen LogP contribution in [0.4, 0.5) is 0 Å². The fourth-order valence-electron chi connectivity index (χ4n) is 9.03. The van der Waals surface area contributed by atoms with Gasteiger partial charge in [0.15, 0.2) is 0 Å².